The normalized spacial score (nSPS) is 23.8. The van der Waals surface area contributed by atoms with E-state index in [4.69, 9.17) is 9.47 Å². The summed E-state index contributed by atoms with van der Waals surface area (Å²) in [6, 6.07) is 6.17. The summed E-state index contributed by atoms with van der Waals surface area (Å²) in [5, 5.41) is 6.52. The van der Waals surface area contributed by atoms with Gasteiger partial charge in [-0.25, -0.2) is 0 Å². The Morgan fingerprint density at radius 3 is 3.00 bits per heavy atom. The van der Waals surface area contributed by atoms with E-state index in [1.165, 1.54) is 12.8 Å². The number of aryl methyl sites for hydroxylation is 1. The molecule has 0 aromatic heterocycles. The van der Waals surface area contributed by atoms with Crippen LogP contribution in [0.1, 0.15) is 50.2 Å². The van der Waals surface area contributed by atoms with Crippen LogP contribution in [0.5, 0.6) is 5.75 Å². The summed E-state index contributed by atoms with van der Waals surface area (Å²) in [4.78, 5) is 12.4. The number of carbonyl (C=O) groups is 1. The van der Waals surface area contributed by atoms with Gasteiger partial charge in [0.1, 0.15) is 12.4 Å². The van der Waals surface area contributed by atoms with Crippen molar-refractivity contribution in [3.8, 4) is 5.75 Å². The van der Waals surface area contributed by atoms with Crippen LogP contribution >= 0.6 is 0 Å². The van der Waals surface area contributed by atoms with Gasteiger partial charge in [-0.1, -0.05) is 19.1 Å². The molecule has 2 saturated heterocycles. The minimum Gasteiger partial charge on any atom is -0.491 e. The second-order valence-electron chi connectivity index (χ2n) is 8.12. The molecule has 5 heteroatoms. The standard InChI is InChI=1S/C22H34N2O3/c1-16-7-8-19(21(11-16)27-15-20-6-4-10-26-20)14-24-22(25)12-17(2)18-5-3-9-23-13-18/h7-8,11,17-18,20,23H,3-6,9-10,12-15H2,1-2H3,(H,24,25). The van der Waals surface area contributed by atoms with E-state index in [0.717, 1.165) is 49.4 Å². The van der Waals surface area contributed by atoms with Gasteiger partial charge in [0, 0.05) is 25.1 Å². The fraction of sp³-hybridized carbons (Fsp3) is 0.682. The van der Waals surface area contributed by atoms with Crippen LogP contribution in [0.25, 0.3) is 0 Å². The topological polar surface area (TPSA) is 59.6 Å². The zero-order chi connectivity index (χ0) is 19.1. The Kier molecular flexibility index (Phi) is 7.53. The molecule has 1 aromatic rings. The highest BCUT2D eigenvalue weighted by molar-refractivity contribution is 5.76. The summed E-state index contributed by atoms with van der Waals surface area (Å²) in [6.45, 7) is 8.32. The van der Waals surface area contributed by atoms with E-state index in [9.17, 15) is 4.79 Å². The molecule has 0 saturated carbocycles. The van der Waals surface area contributed by atoms with Crippen molar-refractivity contribution in [2.45, 2.75) is 58.6 Å². The molecule has 3 unspecified atom stereocenters. The molecule has 0 radical (unpaired) electrons. The van der Waals surface area contributed by atoms with Gasteiger partial charge in [-0.3, -0.25) is 4.79 Å². The first-order valence-electron chi connectivity index (χ1n) is 10.4. The Morgan fingerprint density at radius 1 is 1.37 bits per heavy atom. The van der Waals surface area contributed by atoms with Crippen molar-refractivity contribution in [3.05, 3.63) is 29.3 Å². The zero-order valence-corrected chi connectivity index (χ0v) is 16.8. The number of piperidine rings is 1. The molecule has 0 aliphatic carbocycles. The van der Waals surface area contributed by atoms with Crippen molar-refractivity contribution in [2.75, 3.05) is 26.3 Å². The molecule has 150 valence electrons. The van der Waals surface area contributed by atoms with Gasteiger partial charge >= 0.3 is 0 Å². The third-order valence-corrected chi connectivity index (χ3v) is 5.79. The molecule has 1 amide bonds. The quantitative estimate of drug-likeness (QED) is 0.734. The molecule has 2 N–H and O–H groups in total. The van der Waals surface area contributed by atoms with Gasteiger partial charge < -0.3 is 20.1 Å². The second-order valence-corrected chi connectivity index (χ2v) is 8.12. The molecule has 0 spiro atoms. The lowest BCUT2D eigenvalue weighted by Gasteiger charge is -2.28. The van der Waals surface area contributed by atoms with Gasteiger partial charge in [0.2, 0.25) is 5.91 Å². The molecule has 5 nitrogen and oxygen atoms in total. The monoisotopic (exact) mass is 374 g/mol. The summed E-state index contributed by atoms with van der Waals surface area (Å²) >= 11 is 0. The number of hydrogen-bond acceptors (Lipinski definition) is 4. The predicted molar refractivity (Wildman–Crippen MR) is 107 cm³/mol. The first-order chi connectivity index (χ1) is 13.1. The maximum atomic E-state index is 12.4. The third kappa shape index (κ3) is 6.22. The first-order valence-corrected chi connectivity index (χ1v) is 10.4. The molecule has 1 aromatic carbocycles. The highest BCUT2D eigenvalue weighted by Gasteiger charge is 2.22. The molecule has 2 fully saturated rings. The zero-order valence-electron chi connectivity index (χ0n) is 16.8. The Morgan fingerprint density at radius 2 is 2.26 bits per heavy atom. The lowest BCUT2D eigenvalue weighted by atomic mass is 9.85. The summed E-state index contributed by atoms with van der Waals surface area (Å²) in [6.07, 6.45) is 5.39. The second kappa shape index (κ2) is 10.1. The average Bonchev–Trinajstić information content (AvgIpc) is 3.20. The Hall–Kier alpha value is -1.59. The molecule has 2 heterocycles. The van der Waals surface area contributed by atoms with Gasteiger partial charge in [-0.2, -0.15) is 0 Å². The van der Waals surface area contributed by atoms with Crippen LogP contribution in [0.15, 0.2) is 18.2 Å². The maximum Gasteiger partial charge on any atom is 0.220 e. The summed E-state index contributed by atoms with van der Waals surface area (Å²) in [7, 11) is 0. The first kappa shape index (κ1) is 20.2. The summed E-state index contributed by atoms with van der Waals surface area (Å²) < 4.78 is 11.7. The van der Waals surface area contributed by atoms with Crippen LogP contribution in [-0.4, -0.2) is 38.3 Å². The van der Waals surface area contributed by atoms with E-state index in [1.54, 1.807) is 0 Å². The van der Waals surface area contributed by atoms with E-state index in [1.807, 2.05) is 6.07 Å². The number of ether oxygens (including phenoxy) is 2. The molecule has 2 aliphatic rings. The van der Waals surface area contributed by atoms with E-state index in [-0.39, 0.29) is 12.0 Å². The van der Waals surface area contributed by atoms with Gasteiger partial charge in [-0.15, -0.1) is 0 Å². The van der Waals surface area contributed by atoms with Crippen molar-refractivity contribution < 1.29 is 14.3 Å². The number of carbonyl (C=O) groups excluding carboxylic acids is 1. The minimum absolute atomic E-state index is 0.124. The van der Waals surface area contributed by atoms with Crippen molar-refractivity contribution in [2.24, 2.45) is 11.8 Å². The van der Waals surface area contributed by atoms with Crippen LogP contribution in [-0.2, 0) is 16.1 Å². The van der Waals surface area contributed by atoms with Crippen molar-refractivity contribution in [1.29, 1.82) is 0 Å². The molecule has 3 atom stereocenters. The SMILES string of the molecule is Cc1ccc(CNC(=O)CC(C)C2CCCNC2)c(OCC2CCCO2)c1. The number of benzene rings is 1. The lowest BCUT2D eigenvalue weighted by Crippen LogP contribution is -2.35. The summed E-state index contributed by atoms with van der Waals surface area (Å²) in [5.74, 6) is 1.99. The number of amides is 1. The smallest absolute Gasteiger partial charge is 0.220 e. The average molecular weight is 375 g/mol. The van der Waals surface area contributed by atoms with Crippen LogP contribution in [0.3, 0.4) is 0 Å². The lowest BCUT2D eigenvalue weighted by molar-refractivity contribution is -0.122. The molecule has 2 aliphatic heterocycles. The highest BCUT2D eigenvalue weighted by atomic mass is 16.5. The van der Waals surface area contributed by atoms with Gasteiger partial charge in [0.25, 0.3) is 0 Å². The Balaban J connectivity index is 1.49. The van der Waals surface area contributed by atoms with Crippen molar-refractivity contribution in [3.63, 3.8) is 0 Å². The van der Waals surface area contributed by atoms with Crippen LogP contribution < -0.4 is 15.4 Å². The van der Waals surface area contributed by atoms with E-state index in [0.29, 0.717) is 31.4 Å². The van der Waals surface area contributed by atoms with E-state index < -0.39 is 0 Å². The van der Waals surface area contributed by atoms with Crippen LogP contribution in [0, 0.1) is 18.8 Å². The highest BCUT2D eigenvalue weighted by Crippen LogP contribution is 2.24. The summed E-state index contributed by atoms with van der Waals surface area (Å²) in [5.41, 5.74) is 2.18. The minimum atomic E-state index is 0.124. The molecule has 3 rings (SSSR count). The fourth-order valence-corrected chi connectivity index (χ4v) is 3.99. The fourth-order valence-electron chi connectivity index (χ4n) is 3.99. The van der Waals surface area contributed by atoms with Gasteiger partial charge in [0.05, 0.1) is 6.10 Å². The number of hydrogen-bond donors (Lipinski definition) is 2. The predicted octanol–water partition coefficient (Wildman–Crippen LogP) is 3.19. The number of nitrogens with one attached hydrogen (secondary N) is 2. The van der Waals surface area contributed by atoms with Gasteiger partial charge in [0.15, 0.2) is 0 Å². The van der Waals surface area contributed by atoms with Gasteiger partial charge in [-0.05, 0) is 69.2 Å². The molecular formula is C22H34N2O3. The van der Waals surface area contributed by atoms with Crippen molar-refractivity contribution >= 4 is 5.91 Å². The van der Waals surface area contributed by atoms with Crippen molar-refractivity contribution in [1.82, 2.24) is 10.6 Å². The van der Waals surface area contributed by atoms with E-state index >= 15 is 0 Å². The molecular weight excluding hydrogens is 340 g/mol. The number of rotatable bonds is 8. The Bertz CT molecular complexity index is 608. The Labute approximate surface area is 163 Å². The van der Waals surface area contributed by atoms with E-state index in [2.05, 4.69) is 36.6 Å². The van der Waals surface area contributed by atoms with Crippen LogP contribution in [0.2, 0.25) is 0 Å². The third-order valence-electron chi connectivity index (χ3n) is 5.79. The largest absolute Gasteiger partial charge is 0.491 e. The van der Waals surface area contributed by atoms with Crippen LogP contribution in [0.4, 0.5) is 0 Å². The molecule has 0 bridgehead atoms. The molecule has 27 heavy (non-hydrogen) atoms. The maximum absolute atomic E-state index is 12.4.